The Morgan fingerprint density at radius 3 is 2.11 bits per heavy atom. The molecule has 19 heavy (non-hydrogen) atoms. The van der Waals surface area contributed by atoms with E-state index in [4.69, 9.17) is 0 Å². The number of benzene rings is 1. The Bertz CT molecular complexity index is 500. The van der Waals surface area contributed by atoms with Crippen LogP contribution >= 0.6 is 0 Å². The predicted molar refractivity (Wildman–Crippen MR) is 76.1 cm³/mol. The van der Waals surface area contributed by atoms with Crippen LogP contribution in [0.15, 0.2) is 48.8 Å². The Labute approximate surface area is 114 Å². The third-order valence-corrected chi connectivity index (χ3v) is 3.27. The number of rotatable bonds is 5. The summed E-state index contributed by atoms with van der Waals surface area (Å²) in [4.78, 5) is 0. The van der Waals surface area contributed by atoms with Gasteiger partial charge < -0.3 is 0 Å². The van der Waals surface area contributed by atoms with Crippen LogP contribution in [0.5, 0.6) is 0 Å². The number of hydrogen-bond donors (Lipinski definition) is 0. The van der Waals surface area contributed by atoms with Gasteiger partial charge in [-0.25, -0.2) is 8.96 Å². The Balaban J connectivity index is 2.00. The second-order valence-electron chi connectivity index (χ2n) is 5.37. The molecule has 0 radical (unpaired) electrons. The molecule has 1 aromatic carbocycles. The minimum Gasteiger partial charge on any atom is -0.207 e. The normalized spacial score (nSPS) is 10.9. The van der Waals surface area contributed by atoms with Crippen molar-refractivity contribution in [1.82, 2.24) is 0 Å². The molecule has 1 aromatic heterocycles. The van der Waals surface area contributed by atoms with E-state index in [2.05, 4.69) is 42.9 Å². The number of halogens is 1. The summed E-state index contributed by atoms with van der Waals surface area (Å²) >= 11 is 0. The Hall–Kier alpha value is -1.70. The molecule has 0 bridgehead atoms. The summed E-state index contributed by atoms with van der Waals surface area (Å²) in [6, 6.07) is 10.8. The zero-order valence-corrected chi connectivity index (χ0v) is 11.6. The SMILES string of the molecule is CC(C)CCC[n+]1ccc(-c2ccc(F)cc2)cc1. The molecule has 1 heterocycles. The van der Waals surface area contributed by atoms with E-state index >= 15 is 0 Å². The molecule has 0 spiro atoms. The quantitative estimate of drug-likeness (QED) is 0.707. The second-order valence-corrected chi connectivity index (χ2v) is 5.37. The van der Waals surface area contributed by atoms with Crippen molar-refractivity contribution in [2.75, 3.05) is 0 Å². The highest BCUT2D eigenvalue weighted by molar-refractivity contribution is 5.61. The Morgan fingerprint density at radius 1 is 0.947 bits per heavy atom. The van der Waals surface area contributed by atoms with Crippen molar-refractivity contribution in [3.8, 4) is 11.1 Å². The van der Waals surface area contributed by atoms with Crippen LogP contribution in [0.3, 0.4) is 0 Å². The third-order valence-electron chi connectivity index (χ3n) is 3.27. The number of pyridine rings is 1. The molecule has 2 heteroatoms. The fourth-order valence-corrected chi connectivity index (χ4v) is 2.12. The third kappa shape index (κ3) is 4.16. The zero-order valence-electron chi connectivity index (χ0n) is 11.6. The molecule has 2 aromatic rings. The topological polar surface area (TPSA) is 3.88 Å². The molecule has 0 saturated carbocycles. The summed E-state index contributed by atoms with van der Waals surface area (Å²) < 4.78 is 15.1. The van der Waals surface area contributed by atoms with Crippen molar-refractivity contribution >= 4 is 0 Å². The number of nitrogens with zero attached hydrogens (tertiary/aromatic N) is 1. The molecule has 0 atom stereocenters. The maximum Gasteiger partial charge on any atom is 0.169 e. The van der Waals surface area contributed by atoms with Gasteiger partial charge in [0.1, 0.15) is 12.4 Å². The fourth-order valence-electron chi connectivity index (χ4n) is 2.12. The van der Waals surface area contributed by atoms with Crippen LogP contribution in [-0.2, 0) is 6.54 Å². The standard InChI is InChI=1S/C17H21FN/c1-14(2)4-3-11-19-12-9-16(10-13-19)15-5-7-17(18)8-6-15/h5-10,12-14H,3-4,11H2,1-2H3/q+1. The molecule has 0 aliphatic carbocycles. The molecule has 0 amide bonds. The van der Waals surface area contributed by atoms with Crippen molar-refractivity contribution in [3.05, 3.63) is 54.6 Å². The minimum atomic E-state index is -0.191. The van der Waals surface area contributed by atoms with Crippen LogP contribution in [0.2, 0.25) is 0 Å². The van der Waals surface area contributed by atoms with Gasteiger partial charge in [-0.05, 0) is 35.6 Å². The van der Waals surface area contributed by atoms with Gasteiger partial charge in [-0.3, -0.25) is 0 Å². The van der Waals surface area contributed by atoms with Gasteiger partial charge in [0.15, 0.2) is 12.4 Å². The van der Waals surface area contributed by atoms with Crippen LogP contribution in [0.4, 0.5) is 4.39 Å². The van der Waals surface area contributed by atoms with Crippen molar-refractivity contribution in [3.63, 3.8) is 0 Å². The van der Waals surface area contributed by atoms with Crippen molar-refractivity contribution in [1.29, 1.82) is 0 Å². The van der Waals surface area contributed by atoms with Crippen molar-refractivity contribution in [2.24, 2.45) is 5.92 Å². The minimum absolute atomic E-state index is 0.191. The van der Waals surface area contributed by atoms with E-state index in [-0.39, 0.29) is 5.82 Å². The first-order valence-electron chi connectivity index (χ1n) is 6.90. The lowest BCUT2D eigenvalue weighted by Gasteiger charge is -2.03. The highest BCUT2D eigenvalue weighted by Crippen LogP contribution is 2.17. The molecule has 0 aliphatic rings. The van der Waals surface area contributed by atoms with E-state index in [0.717, 1.165) is 23.6 Å². The predicted octanol–water partition coefficient (Wildman–Crippen LogP) is 4.22. The number of aromatic nitrogens is 1. The lowest BCUT2D eigenvalue weighted by Crippen LogP contribution is -2.32. The van der Waals surface area contributed by atoms with E-state index in [1.807, 2.05) is 12.1 Å². The van der Waals surface area contributed by atoms with Gasteiger partial charge in [0.05, 0.1) is 0 Å². The zero-order chi connectivity index (χ0) is 13.7. The first-order valence-corrected chi connectivity index (χ1v) is 6.90. The van der Waals surface area contributed by atoms with Crippen molar-refractivity contribution in [2.45, 2.75) is 33.2 Å². The van der Waals surface area contributed by atoms with Gasteiger partial charge in [-0.1, -0.05) is 26.0 Å². The molecule has 1 nitrogen and oxygen atoms in total. The molecule has 0 saturated heterocycles. The molecule has 0 aliphatic heterocycles. The van der Waals surface area contributed by atoms with E-state index in [1.165, 1.54) is 25.0 Å². The van der Waals surface area contributed by atoms with Crippen molar-refractivity contribution < 1.29 is 8.96 Å². The van der Waals surface area contributed by atoms with E-state index in [1.54, 1.807) is 0 Å². The van der Waals surface area contributed by atoms with Gasteiger partial charge in [0.2, 0.25) is 0 Å². The first kappa shape index (κ1) is 13.7. The van der Waals surface area contributed by atoms with Gasteiger partial charge in [-0.15, -0.1) is 0 Å². The monoisotopic (exact) mass is 258 g/mol. The van der Waals surface area contributed by atoms with Gasteiger partial charge in [-0.2, -0.15) is 0 Å². The Morgan fingerprint density at radius 2 is 1.53 bits per heavy atom. The molecule has 0 unspecified atom stereocenters. The molecular weight excluding hydrogens is 237 g/mol. The molecule has 0 fully saturated rings. The van der Waals surface area contributed by atoms with Crippen LogP contribution in [-0.4, -0.2) is 0 Å². The summed E-state index contributed by atoms with van der Waals surface area (Å²) in [7, 11) is 0. The summed E-state index contributed by atoms with van der Waals surface area (Å²) in [5.41, 5.74) is 2.18. The van der Waals surface area contributed by atoms with Crippen LogP contribution in [0, 0.1) is 11.7 Å². The molecular formula is C17H21FN+. The average molecular weight is 258 g/mol. The summed E-state index contributed by atoms with van der Waals surface area (Å²) in [6.07, 6.45) is 6.66. The maximum atomic E-state index is 12.9. The summed E-state index contributed by atoms with van der Waals surface area (Å²) in [5, 5.41) is 0. The van der Waals surface area contributed by atoms with E-state index in [9.17, 15) is 4.39 Å². The average Bonchev–Trinajstić information content (AvgIpc) is 2.40. The van der Waals surface area contributed by atoms with Gasteiger partial charge >= 0.3 is 0 Å². The molecule has 0 N–H and O–H groups in total. The van der Waals surface area contributed by atoms with Crippen LogP contribution in [0.1, 0.15) is 26.7 Å². The number of hydrogen-bond acceptors (Lipinski definition) is 0. The Kier molecular flexibility index (Phi) is 4.67. The van der Waals surface area contributed by atoms with E-state index in [0.29, 0.717) is 0 Å². The van der Waals surface area contributed by atoms with Crippen LogP contribution < -0.4 is 4.57 Å². The lowest BCUT2D eigenvalue weighted by molar-refractivity contribution is -0.697. The van der Waals surface area contributed by atoms with E-state index < -0.39 is 0 Å². The fraction of sp³-hybridized carbons (Fsp3) is 0.353. The first-order chi connectivity index (χ1) is 9.15. The largest absolute Gasteiger partial charge is 0.207 e. The molecule has 100 valence electrons. The van der Waals surface area contributed by atoms with Gasteiger partial charge in [0.25, 0.3) is 0 Å². The maximum absolute atomic E-state index is 12.9. The highest BCUT2D eigenvalue weighted by atomic mass is 19.1. The second kappa shape index (κ2) is 6.46. The highest BCUT2D eigenvalue weighted by Gasteiger charge is 2.04. The van der Waals surface area contributed by atoms with Gasteiger partial charge in [0, 0.05) is 18.6 Å². The summed E-state index contributed by atoms with van der Waals surface area (Å²) in [5.74, 6) is 0.572. The smallest absolute Gasteiger partial charge is 0.169 e. The summed E-state index contributed by atoms with van der Waals surface area (Å²) in [6.45, 7) is 5.56. The lowest BCUT2D eigenvalue weighted by atomic mass is 10.1. The number of aryl methyl sites for hydroxylation is 1. The van der Waals surface area contributed by atoms with Crippen LogP contribution in [0.25, 0.3) is 11.1 Å². The molecule has 2 rings (SSSR count).